The zero-order valence-electron chi connectivity index (χ0n) is 11.4. The van der Waals surface area contributed by atoms with Crippen LogP contribution in [0.5, 0.6) is 11.5 Å². The van der Waals surface area contributed by atoms with Crippen LogP contribution in [0.25, 0.3) is 0 Å². The first kappa shape index (κ1) is 14.1. The van der Waals surface area contributed by atoms with E-state index >= 15 is 0 Å². The lowest BCUT2D eigenvalue weighted by molar-refractivity contribution is 0.473. The number of nitrogens with zero attached hydrogens (tertiary/aromatic N) is 2. The second-order valence-corrected chi connectivity index (χ2v) is 5.37. The van der Waals surface area contributed by atoms with Gasteiger partial charge in [-0.3, -0.25) is 4.68 Å². The van der Waals surface area contributed by atoms with E-state index in [-0.39, 0.29) is 0 Å². The number of hydrogen-bond acceptors (Lipinski definition) is 3. The van der Waals surface area contributed by atoms with E-state index in [0.717, 1.165) is 33.8 Å². The van der Waals surface area contributed by atoms with E-state index in [1.165, 1.54) is 5.56 Å². The lowest BCUT2D eigenvalue weighted by Gasteiger charge is -2.09. The van der Waals surface area contributed by atoms with Crippen LogP contribution in [0.3, 0.4) is 0 Å². The molecule has 0 aliphatic heterocycles. The summed E-state index contributed by atoms with van der Waals surface area (Å²) in [5, 5.41) is 4.34. The Morgan fingerprint density at radius 3 is 2.63 bits per heavy atom. The second-order valence-electron chi connectivity index (χ2n) is 4.52. The largest absolute Gasteiger partial charge is 0.453 e. The van der Waals surface area contributed by atoms with Crippen molar-refractivity contribution in [2.24, 2.45) is 12.8 Å². The summed E-state index contributed by atoms with van der Waals surface area (Å²) in [6.45, 7) is 4.58. The molecule has 0 fully saturated rings. The molecule has 4 nitrogen and oxygen atoms in total. The summed E-state index contributed by atoms with van der Waals surface area (Å²) in [4.78, 5) is 0. The fourth-order valence-electron chi connectivity index (χ4n) is 1.97. The molecule has 0 bridgehead atoms. The van der Waals surface area contributed by atoms with Gasteiger partial charge in [0.05, 0.1) is 5.69 Å². The number of benzene rings is 1. The Morgan fingerprint density at radius 2 is 2.11 bits per heavy atom. The van der Waals surface area contributed by atoms with Crippen LogP contribution in [0.4, 0.5) is 0 Å². The van der Waals surface area contributed by atoms with Gasteiger partial charge >= 0.3 is 0 Å². The van der Waals surface area contributed by atoms with Crippen LogP contribution >= 0.6 is 15.9 Å². The highest BCUT2D eigenvalue weighted by molar-refractivity contribution is 9.10. The highest BCUT2D eigenvalue weighted by atomic mass is 79.9. The Bertz CT molecular complexity index is 593. The van der Waals surface area contributed by atoms with Crippen molar-refractivity contribution in [3.05, 3.63) is 39.6 Å². The van der Waals surface area contributed by atoms with Crippen molar-refractivity contribution >= 4 is 15.9 Å². The summed E-state index contributed by atoms with van der Waals surface area (Å²) in [6.07, 6.45) is 0.853. The van der Waals surface area contributed by atoms with Crippen LogP contribution in [0.1, 0.15) is 17.0 Å². The van der Waals surface area contributed by atoms with Crippen molar-refractivity contribution in [1.29, 1.82) is 0 Å². The van der Waals surface area contributed by atoms with Gasteiger partial charge in [-0.1, -0.05) is 22.0 Å². The molecule has 0 saturated heterocycles. The predicted octanol–water partition coefficient (Wildman–Crippen LogP) is 3.09. The molecule has 2 N–H and O–H groups in total. The molecule has 0 radical (unpaired) electrons. The summed E-state index contributed by atoms with van der Waals surface area (Å²) in [7, 11) is 1.91. The fourth-order valence-corrected chi connectivity index (χ4v) is 2.53. The van der Waals surface area contributed by atoms with Gasteiger partial charge in [-0.2, -0.15) is 5.10 Å². The van der Waals surface area contributed by atoms with E-state index < -0.39 is 0 Å². The van der Waals surface area contributed by atoms with Crippen molar-refractivity contribution in [2.45, 2.75) is 20.3 Å². The van der Waals surface area contributed by atoms with Crippen LogP contribution in [-0.2, 0) is 13.5 Å². The molecular weight excluding hydrogens is 306 g/mol. The van der Waals surface area contributed by atoms with Crippen LogP contribution in [0.15, 0.2) is 22.7 Å². The molecule has 1 aromatic heterocycles. The zero-order chi connectivity index (χ0) is 14.0. The number of halogens is 1. The third kappa shape index (κ3) is 2.98. The van der Waals surface area contributed by atoms with Crippen LogP contribution in [-0.4, -0.2) is 16.3 Å². The van der Waals surface area contributed by atoms with Crippen molar-refractivity contribution in [3.8, 4) is 11.5 Å². The van der Waals surface area contributed by atoms with Crippen LogP contribution in [0, 0.1) is 13.8 Å². The van der Waals surface area contributed by atoms with Gasteiger partial charge in [-0.15, -0.1) is 0 Å². The zero-order valence-corrected chi connectivity index (χ0v) is 13.0. The Balaban J connectivity index is 2.26. The molecule has 0 amide bonds. The Morgan fingerprint density at radius 1 is 1.37 bits per heavy atom. The summed E-state index contributed by atoms with van der Waals surface area (Å²) in [6, 6.07) is 5.96. The minimum Gasteiger partial charge on any atom is -0.453 e. The predicted molar refractivity (Wildman–Crippen MR) is 79.7 cm³/mol. The summed E-state index contributed by atoms with van der Waals surface area (Å²) in [5.41, 5.74) is 8.66. The van der Waals surface area contributed by atoms with E-state index in [1.807, 2.05) is 43.8 Å². The molecule has 0 aliphatic carbocycles. The monoisotopic (exact) mass is 323 g/mol. The molecule has 102 valence electrons. The molecule has 0 spiro atoms. The topological polar surface area (TPSA) is 53.1 Å². The minimum atomic E-state index is 0.639. The lowest BCUT2D eigenvalue weighted by Crippen LogP contribution is -2.03. The van der Waals surface area contributed by atoms with Gasteiger partial charge in [-0.25, -0.2) is 0 Å². The number of nitrogens with two attached hydrogens (primary N) is 1. The maximum absolute atomic E-state index is 5.93. The maximum atomic E-state index is 5.93. The second kappa shape index (κ2) is 5.75. The third-order valence-corrected chi connectivity index (χ3v) is 3.84. The summed E-state index contributed by atoms with van der Waals surface area (Å²) < 4.78 is 8.77. The molecule has 0 aliphatic rings. The maximum Gasteiger partial charge on any atom is 0.171 e. The van der Waals surface area contributed by atoms with Gasteiger partial charge in [0.1, 0.15) is 11.4 Å². The van der Waals surface area contributed by atoms with Crippen molar-refractivity contribution in [3.63, 3.8) is 0 Å². The molecule has 19 heavy (non-hydrogen) atoms. The molecule has 0 atom stereocenters. The molecular formula is C14H18BrN3O. The third-order valence-electron chi connectivity index (χ3n) is 3.10. The number of hydrogen-bond donors (Lipinski definition) is 1. The smallest absolute Gasteiger partial charge is 0.171 e. The molecule has 2 aromatic rings. The van der Waals surface area contributed by atoms with E-state index in [0.29, 0.717) is 6.54 Å². The van der Waals surface area contributed by atoms with Gasteiger partial charge in [0, 0.05) is 11.5 Å². The van der Waals surface area contributed by atoms with Gasteiger partial charge in [0.2, 0.25) is 0 Å². The van der Waals surface area contributed by atoms with Crippen molar-refractivity contribution in [2.75, 3.05) is 6.54 Å². The average molecular weight is 324 g/mol. The van der Waals surface area contributed by atoms with E-state index in [1.54, 1.807) is 0 Å². The summed E-state index contributed by atoms with van der Waals surface area (Å²) >= 11 is 3.55. The molecule has 0 unspecified atom stereocenters. The molecule has 5 heteroatoms. The Kier molecular flexibility index (Phi) is 4.27. The quantitative estimate of drug-likeness (QED) is 0.940. The standard InChI is InChI=1S/C14H18BrN3O/c1-9-14(10(2)18(3)17-9)19-12-5-4-11(6-7-16)13(15)8-12/h4-5,8H,6-7,16H2,1-3H3. The molecule has 0 saturated carbocycles. The van der Waals surface area contributed by atoms with Crippen molar-refractivity contribution < 1.29 is 4.74 Å². The highest BCUT2D eigenvalue weighted by Gasteiger charge is 2.12. The first-order valence-corrected chi connectivity index (χ1v) is 6.98. The Hall–Kier alpha value is -1.33. The van der Waals surface area contributed by atoms with E-state index in [2.05, 4.69) is 21.0 Å². The van der Waals surface area contributed by atoms with Crippen LogP contribution in [0.2, 0.25) is 0 Å². The van der Waals surface area contributed by atoms with E-state index in [4.69, 9.17) is 10.5 Å². The van der Waals surface area contributed by atoms with Crippen LogP contribution < -0.4 is 10.5 Å². The van der Waals surface area contributed by atoms with Crippen molar-refractivity contribution in [1.82, 2.24) is 9.78 Å². The minimum absolute atomic E-state index is 0.639. The molecule has 1 aromatic carbocycles. The van der Waals surface area contributed by atoms with Gasteiger partial charge in [-0.05, 0) is 44.5 Å². The van der Waals surface area contributed by atoms with Gasteiger partial charge in [0.25, 0.3) is 0 Å². The van der Waals surface area contributed by atoms with Gasteiger partial charge < -0.3 is 10.5 Å². The number of rotatable bonds is 4. The first-order valence-electron chi connectivity index (χ1n) is 6.19. The normalized spacial score (nSPS) is 10.8. The van der Waals surface area contributed by atoms with Gasteiger partial charge in [0.15, 0.2) is 5.75 Å². The Labute approximate surface area is 121 Å². The number of ether oxygens (including phenoxy) is 1. The molecule has 2 rings (SSSR count). The first-order chi connectivity index (χ1) is 9.02. The average Bonchev–Trinajstić information content (AvgIpc) is 2.60. The number of aromatic nitrogens is 2. The highest BCUT2D eigenvalue weighted by Crippen LogP contribution is 2.30. The summed E-state index contributed by atoms with van der Waals surface area (Å²) in [5.74, 6) is 1.62. The SMILES string of the molecule is Cc1nn(C)c(C)c1Oc1ccc(CCN)c(Br)c1. The fraction of sp³-hybridized carbons (Fsp3) is 0.357. The number of aryl methyl sites for hydroxylation is 2. The lowest BCUT2D eigenvalue weighted by atomic mass is 10.1. The molecule has 1 heterocycles. The van der Waals surface area contributed by atoms with E-state index in [9.17, 15) is 0 Å².